The Hall–Kier alpha value is -1.57. The first-order chi connectivity index (χ1) is 5.57. The summed E-state index contributed by atoms with van der Waals surface area (Å²) in [4.78, 5) is 21.3. The second kappa shape index (κ2) is 5.13. The second-order valence-corrected chi connectivity index (χ2v) is 2.35. The minimum atomic E-state index is -0.729. The highest BCUT2D eigenvalue weighted by molar-refractivity contribution is 5.87. The molecule has 1 atom stereocenters. The van der Waals surface area contributed by atoms with E-state index >= 15 is 0 Å². The van der Waals surface area contributed by atoms with Gasteiger partial charge in [0.25, 0.3) is 0 Å². The first-order valence-corrected chi connectivity index (χ1v) is 3.53. The summed E-state index contributed by atoms with van der Waals surface area (Å²) in [5, 5.41) is 10.4. The maximum Gasteiger partial charge on any atom is 0.312 e. The van der Waals surface area contributed by atoms with Crippen LogP contribution in [0.3, 0.4) is 0 Å². The standard InChI is InChI=1S/C7H11N3O2/c1-5(10-7(9)12)6(11)3-2-4-8/h5H,2-3H2,1H3,(H3,9,10,12). The molecule has 66 valence electrons. The van der Waals surface area contributed by atoms with Crippen molar-refractivity contribution < 1.29 is 9.59 Å². The van der Waals surface area contributed by atoms with Crippen LogP contribution in [0.15, 0.2) is 0 Å². The van der Waals surface area contributed by atoms with Crippen molar-refractivity contribution in [2.24, 2.45) is 5.73 Å². The van der Waals surface area contributed by atoms with Gasteiger partial charge < -0.3 is 11.1 Å². The average molecular weight is 169 g/mol. The summed E-state index contributed by atoms with van der Waals surface area (Å²) in [6, 6.07) is 0.512. The molecule has 1 unspecified atom stereocenters. The summed E-state index contributed by atoms with van der Waals surface area (Å²) in [6.07, 6.45) is 0.321. The van der Waals surface area contributed by atoms with Crippen LogP contribution in [-0.2, 0) is 4.79 Å². The number of nitrogens with two attached hydrogens (primary N) is 1. The Balaban J connectivity index is 3.78. The number of hydrogen-bond acceptors (Lipinski definition) is 3. The lowest BCUT2D eigenvalue weighted by molar-refractivity contribution is -0.120. The van der Waals surface area contributed by atoms with Crippen LogP contribution in [0.2, 0.25) is 0 Å². The Morgan fingerprint density at radius 3 is 2.67 bits per heavy atom. The molecule has 0 rings (SSSR count). The summed E-state index contributed by atoms with van der Waals surface area (Å²) in [6.45, 7) is 1.53. The van der Waals surface area contributed by atoms with Gasteiger partial charge in [0.15, 0.2) is 5.78 Å². The van der Waals surface area contributed by atoms with E-state index in [1.165, 1.54) is 6.92 Å². The van der Waals surface area contributed by atoms with Gasteiger partial charge >= 0.3 is 6.03 Å². The SMILES string of the molecule is CC(NC(N)=O)C(=O)CCC#N. The van der Waals surface area contributed by atoms with Crippen molar-refractivity contribution in [3.05, 3.63) is 0 Å². The average Bonchev–Trinajstić information content (AvgIpc) is 1.98. The molecule has 0 heterocycles. The Bertz CT molecular complexity index is 219. The molecule has 0 saturated heterocycles. The first kappa shape index (κ1) is 10.4. The number of carbonyl (C=O) groups excluding carboxylic acids is 2. The Kier molecular flexibility index (Phi) is 4.46. The predicted octanol–water partition coefficient (Wildman–Crippen LogP) is -0.0839. The van der Waals surface area contributed by atoms with Crippen LogP contribution in [0, 0.1) is 11.3 Å². The molecule has 12 heavy (non-hydrogen) atoms. The van der Waals surface area contributed by atoms with Crippen molar-refractivity contribution in [2.45, 2.75) is 25.8 Å². The molecular formula is C7H11N3O2. The molecule has 0 aliphatic carbocycles. The van der Waals surface area contributed by atoms with Crippen molar-refractivity contribution in [3.8, 4) is 6.07 Å². The minimum Gasteiger partial charge on any atom is -0.352 e. The van der Waals surface area contributed by atoms with E-state index in [2.05, 4.69) is 5.32 Å². The summed E-state index contributed by atoms with van der Waals surface area (Å²) in [5.41, 5.74) is 4.79. The number of ketones is 1. The third-order valence-corrected chi connectivity index (χ3v) is 1.32. The minimum absolute atomic E-state index is 0.151. The lowest BCUT2D eigenvalue weighted by Crippen LogP contribution is -2.41. The third-order valence-electron chi connectivity index (χ3n) is 1.32. The maximum atomic E-state index is 11.0. The lowest BCUT2D eigenvalue weighted by atomic mass is 10.1. The van der Waals surface area contributed by atoms with Gasteiger partial charge in [0.2, 0.25) is 0 Å². The van der Waals surface area contributed by atoms with Crippen LogP contribution in [0.4, 0.5) is 4.79 Å². The molecule has 0 saturated carbocycles. The topological polar surface area (TPSA) is 96.0 Å². The maximum absolute atomic E-state index is 11.0. The molecule has 0 fully saturated rings. The first-order valence-electron chi connectivity index (χ1n) is 3.53. The number of nitrogens with zero attached hydrogens (tertiary/aromatic N) is 1. The van der Waals surface area contributed by atoms with Crippen molar-refractivity contribution >= 4 is 11.8 Å². The van der Waals surface area contributed by atoms with Crippen molar-refractivity contribution in [3.63, 3.8) is 0 Å². The van der Waals surface area contributed by atoms with Gasteiger partial charge in [0.1, 0.15) is 0 Å². The molecule has 0 aliphatic rings. The van der Waals surface area contributed by atoms with E-state index in [4.69, 9.17) is 11.0 Å². The number of nitrogens with one attached hydrogen (secondary N) is 1. The van der Waals surface area contributed by atoms with Gasteiger partial charge in [0, 0.05) is 12.8 Å². The number of amides is 2. The third kappa shape index (κ3) is 4.28. The fourth-order valence-electron chi connectivity index (χ4n) is 0.689. The van der Waals surface area contributed by atoms with E-state index in [-0.39, 0.29) is 18.6 Å². The number of carbonyl (C=O) groups is 2. The highest BCUT2D eigenvalue weighted by atomic mass is 16.2. The molecule has 0 bridgehead atoms. The normalized spacial score (nSPS) is 11.3. The number of nitriles is 1. The molecule has 2 amide bonds. The van der Waals surface area contributed by atoms with Gasteiger partial charge in [-0.2, -0.15) is 5.26 Å². The zero-order valence-electron chi connectivity index (χ0n) is 6.83. The van der Waals surface area contributed by atoms with Crippen LogP contribution < -0.4 is 11.1 Å². The zero-order valence-corrected chi connectivity index (χ0v) is 6.83. The smallest absolute Gasteiger partial charge is 0.312 e. The van der Waals surface area contributed by atoms with Crippen molar-refractivity contribution in [1.82, 2.24) is 5.32 Å². The fourth-order valence-corrected chi connectivity index (χ4v) is 0.689. The van der Waals surface area contributed by atoms with Gasteiger partial charge in [-0.3, -0.25) is 4.79 Å². The van der Waals surface area contributed by atoms with Crippen LogP contribution in [0.5, 0.6) is 0 Å². The molecule has 5 nitrogen and oxygen atoms in total. The Morgan fingerprint density at radius 2 is 2.25 bits per heavy atom. The van der Waals surface area contributed by atoms with E-state index in [9.17, 15) is 9.59 Å². The monoisotopic (exact) mass is 169 g/mol. The van der Waals surface area contributed by atoms with E-state index in [1.807, 2.05) is 6.07 Å². The molecule has 0 aliphatic heterocycles. The Morgan fingerprint density at radius 1 is 1.67 bits per heavy atom. The molecule has 0 aromatic rings. The highest BCUT2D eigenvalue weighted by Crippen LogP contribution is 1.94. The van der Waals surface area contributed by atoms with Gasteiger partial charge in [-0.25, -0.2) is 4.79 Å². The highest BCUT2D eigenvalue weighted by Gasteiger charge is 2.12. The van der Waals surface area contributed by atoms with Gasteiger partial charge in [-0.05, 0) is 6.92 Å². The lowest BCUT2D eigenvalue weighted by Gasteiger charge is -2.08. The molecular weight excluding hydrogens is 158 g/mol. The second-order valence-electron chi connectivity index (χ2n) is 2.35. The fraction of sp³-hybridized carbons (Fsp3) is 0.571. The number of urea groups is 1. The predicted molar refractivity (Wildman–Crippen MR) is 42.0 cm³/mol. The summed E-state index contributed by atoms with van der Waals surface area (Å²) < 4.78 is 0. The van der Waals surface area contributed by atoms with Crippen LogP contribution in [0.25, 0.3) is 0 Å². The molecule has 0 aromatic heterocycles. The summed E-state index contributed by atoms with van der Waals surface area (Å²) in [7, 11) is 0. The van der Waals surface area contributed by atoms with Gasteiger partial charge in [-0.15, -0.1) is 0 Å². The molecule has 3 N–H and O–H groups in total. The molecule has 5 heteroatoms. The molecule has 0 radical (unpaired) electrons. The van der Waals surface area contributed by atoms with E-state index < -0.39 is 12.1 Å². The summed E-state index contributed by atoms with van der Waals surface area (Å²) >= 11 is 0. The largest absolute Gasteiger partial charge is 0.352 e. The zero-order chi connectivity index (χ0) is 9.56. The Labute approximate surface area is 70.5 Å². The quantitative estimate of drug-likeness (QED) is 0.615. The van der Waals surface area contributed by atoms with Crippen molar-refractivity contribution in [2.75, 3.05) is 0 Å². The molecule has 0 spiro atoms. The van der Waals surface area contributed by atoms with E-state index in [0.29, 0.717) is 0 Å². The van der Waals surface area contributed by atoms with Gasteiger partial charge in [-0.1, -0.05) is 0 Å². The number of rotatable bonds is 4. The van der Waals surface area contributed by atoms with E-state index in [0.717, 1.165) is 0 Å². The number of hydrogen-bond donors (Lipinski definition) is 2. The van der Waals surface area contributed by atoms with E-state index in [1.54, 1.807) is 0 Å². The van der Waals surface area contributed by atoms with Crippen LogP contribution in [-0.4, -0.2) is 17.9 Å². The molecule has 0 aromatic carbocycles. The number of primary amides is 1. The van der Waals surface area contributed by atoms with Crippen LogP contribution >= 0.6 is 0 Å². The van der Waals surface area contributed by atoms with Crippen molar-refractivity contribution in [1.29, 1.82) is 5.26 Å². The van der Waals surface area contributed by atoms with Gasteiger partial charge in [0.05, 0.1) is 12.1 Å². The number of Topliss-reactive ketones (excluding diaryl/α,β-unsaturated/α-hetero) is 1. The summed E-state index contributed by atoms with van der Waals surface area (Å²) in [5.74, 6) is -0.185. The van der Waals surface area contributed by atoms with Crippen LogP contribution in [0.1, 0.15) is 19.8 Å².